The normalized spacial score (nSPS) is 16.6. The number of aryl methyl sites for hydroxylation is 1. The summed E-state index contributed by atoms with van der Waals surface area (Å²) in [5, 5.41) is 10.0. The third kappa shape index (κ3) is 6.27. The van der Waals surface area contributed by atoms with E-state index in [-0.39, 0.29) is 51.9 Å². The van der Waals surface area contributed by atoms with Crippen LogP contribution in [0.2, 0.25) is 5.02 Å². The molecule has 1 aliphatic rings. The first-order chi connectivity index (χ1) is 18.7. The van der Waals surface area contributed by atoms with E-state index in [1.54, 1.807) is 19.1 Å². The molecule has 9 nitrogen and oxygen atoms in total. The van der Waals surface area contributed by atoms with Gasteiger partial charge >= 0.3 is 0 Å². The van der Waals surface area contributed by atoms with E-state index in [9.17, 15) is 14.0 Å². The third-order valence-corrected chi connectivity index (χ3v) is 7.16. The second-order valence-corrected chi connectivity index (χ2v) is 9.83. The summed E-state index contributed by atoms with van der Waals surface area (Å²) in [5.74, 6) is 0.777. The van der Waals surface area contributed by atoms with Crippen molar-refractivity contribution in [1.29, 1.82) is 0 Å². The van der Waals surface area contributed by atoms with Crippen LogP contribution in [-0.2, 0) is 11.2 Å². The monoisotopic (exact) mass is 559 g/mol. The second-order valence-electron chi connectivity index (χ2n) is 9.42. The molecule has 0 unspecified atom stereocenters. The maximum atomic E-state index is 14.5. The Balaban J connectivity index is 1.33. The average molecular weight is 560 g/mol. The van der Waals surface area contributed by atoms with Crippen molar-refractivity contribution in [2.75, 3.05) is 27.9 Å². The summed E-state index contributed by atoms with van der Waals surface area (Å²) in [4.78, 5) is 25.8. The van der Waals surface area contributed by atoms with Gasteiger partial charge in [-0.3, -0.25) is 9.59 Å². The summed E-state index contributed by atoms with van der Waals surface area (Å²) in [6.45, 7) is 2.08. The number of hydrogen-bond donors (Lipinski definition) is 2. The number of hydrogen-bond acceptors (Lipinski definition) is 7. The largest absolute Gasteiger partial charge is 0.493 e. The molecule has 2 aromatic carbocycles. The van der Waals surface area contributed by atoms with E-state index >= 15 is 0 Å². The van der Waals surface area contributed by atoms with Gasteiger partial charge in [-0.15, -0.1) is 0 Å². The minimum absolute atomic E-state index is 0.0280. The Hall–Kier alpha value is -3.79. The first kappa shape index (κ1) is 28.2. The van der Waals surface area contributed by atoms with Crippen LogP contribution < -0.4 is 24.8 Å². The van der Waals surface area contributed by atoms with E-state index in [2.05, 4.69) is 15.8 Å². The third-order valence-electron chi connectivity index (χ3n) is 6.84. The maximum Gasteiger partial charge on any atom is 0.257 e. The molecule has 11 heteroatoms. The summed E-state index contributed by atoms with van der Waals surface area (Å²) >= 11 is 6.19. The fourth-order valence-corrected chi connectivity index (χ4v) is 5.18. The average Bonchev–Trinajstić information content (AvgIpc) is 3.52. The van der Waals surface area contributed by atoms with Crippen molar-refractivity contribution in [1.82, 2.24) is 15.8 Å². The van der Waals surface area contributed by atoms with Gasteiger partial charge in [-0.1, -0.05) is 22.8 Å². The summed E-state index contributed by atoms with van der Waals surface area (Å²) in [5.41, 5.74) is 0.986. The molecule has 1 heterocycles. The van der Waals surface area contributed by atoms with Crippen LogP contribution in [0.4, 0.5) is 4.39 Å². The van der Waals surface area contributed by atoms with Crippen molar-refractivity contribution in [2.24, 2.45) is 5.92 Å². The van der Waals surface area contributed by atoms with Crippen molar-refractivity contribution in [3.63, 3.8) is 0 Å². The number of nitrogens with zero attached hydrogens (tertiary/aromatic N) is 1. The molecule has 1 saturated carbocycles. The summed E-state index contributed by atoms with van der Waals surface area (Å²) in [7, 11) is 4.57. The highest BCUT2D eigenvalue weighted by Crippen LogP contribution is 2.38. The molecule has 4 rings (SSSR count). The Labute approximate surface area is 230 Å². The molecule has 2 atom stereocenters. The summed E-state index contributed by atoms with van der Waals surface area (Å²) in [6.07, 6.45) is 2.43. The van der Waals surface area contributed by atoms with Gasteiger partial charge in [0, 0.05) is 12.6 Å². The van der Waals surface area contributed by atoms with E-state index in [0.29, 0.717) is 30.2 Å². The quantitative estimate of drug-likeness (QED) is 0.369. The Bertz CT molecular complexity index is 1320. The van der Waals surface area contributed by atoms with Crippen LogP contribution in [0.3, 0.4) is 0 Å². The molecular weight excluding hydrogens is 529 g/mol. The van der Waals surface area contributed by atoms with E-state index in [4.69, 9.17) is 30.3 Å². The lowest BCUT2D eigenvalue weighted by Crippen LogP contribution is -2.34. The number of ether oxygens (including phenoxy) is 3. The van der Waals surface area contributed by atoms with Crippen molar-refractivity contribution >= 4 is 23.4 Å². The molecule has 1 aromatic heterocycles. The van der Waals surface area contributed by atoms with Gasteiger partial charge in [0.15, 0.2) is 11.5 Å². The predicted octanol–water partition coefficient (Wildman–Crippen LogP) is 4.73. The number of methoxy groups -OCH3 is 3. The molecule has 2 amide bonds. The fourth-order valence-electron chi connectivity index (χ4n) is 4.93. The van der Waals surface area contributed by atoms with Crippen LogP contribution in [0.25, 0.3) is 11.3 Å². The highest BCUT2D eigenvalue weighted by atomic mass is 35.5. The van der Waals surface area contributed by atoms with Gasteiger partial charge in [0.2, 0.25) is 11.7 Å². The molecular formula is C28H31ClFN3O6. The number of nitrogens with one attached hydrogen (secondary N) is 2. The molecule has 3 aromatic rings. The van der Waals surface area contributed by atoms with E-state index in [1.165, 1.54) is 39.5 Å². The van der Waals surface area contributed by atoms with Crippen LogP contribution in [0.5, 0.6) is 17.2 Å². The molecule has 2 N–H and O–H groups in total. The Morgan fingerprint density at radius 1 is 1.13 bits per heavy atom. The Kier molecular flexibility index (Phi) is 8.96. The van der Waals surface area contributed by atoms with Gasteiger partial charge in [-0.2, -0.15) is 0 Å². The fraction of sp³-hybridized carbons (Fsp3) is 0.393. The minimum atomic E-state index is -0.590. The lowest BCUT2D eigenvalue weighted by molar-refractivity contribution is -0.120. The maximum absolute atomic E-state index is 14.5. The molecule has 39 heavy (non-hydrogen) atoms. The second kappa shape index (κ2) is 12.4. The van der Waals surface area contributed by atoms with Gasteiger partial charge in [0.25, 0.3) is 5.91 Å². The van der Waals surface area contributed by atoms with Crippen molar-refractivity contribution in [3.8, 4) is 28.5 Å². The van der Waals surface area contributed by atoms with E-state index in [0.717, 1.165) is 18.4 Å². The van der Waals surface area contributed by atoms with Gasteiger partial charge in [0.1, 0.15) is 22.8 Å². The Morgan fingerprint density at radius 3 is 2.49 bits per heavy atom. The molecule has 0 saturated heterocycles. The molecule has 0 radical (unpaired) electrons. The molecule has 208 valence electrons. The van der Waals surface area contributed by atoms with Crippen molar-refractivity contribution in [3.05, 3.63) is 58.1 Å². The zero-order chi connectivity index (χ0) is 28.1. The van der Waals surface area contributed by atoms with Crippen LogP contribution >= 0.6 is 11.6 Å². The predicted molar refractivity (Wildman–Crippen MR) is 143 cm³/mol. The minimum Gasteiger partial charge on any atom is -0.493 e. The van der Waals surface area contributed by atoms with Gasteiger partial charge in [-0.25, -0.2) is 4.39 Å². The zero-order valence-electron chi connectivity index (χ0n) is 22.2. The van der Waals surface area contributed by atoms with E-state index < -0.39 is 11.7 Å². The number of benzene rings is 2. The number of carbonyl (C=O) groups excluding carboxylic acids is 2. The molecule has 0 aliphatic heterocycles. The molecule has 1 fully saturated rings. The molecule has 1 aliphatic carbocycles. The molecule has 0 spiro atoms. The summed E-state index contributed by atoms with van der Waals surface area (Å²) < 4.78 is 35.8. The van der Waals surface area contributed by atoms with Gasteiger partial charge in [-0.05, 0) is 61.9 Å². The topological polar surface area (TPSA) is 112 Å². The first-order valence-electron chi connectivity index (χ1n) is 12.5. The van der Waals surface area contributed by atoms with Gasteiger partial charge in [0.05, 0.1) is 38.3 Å². The lowest BCUT2D eigenvalue weighted by atomic mass is 10.0. The van der Waals surface area contributed by atoms with Gasteiger partial charge < -0.3 is 29.4 Å². The summed E-state index contributed by atoms with van der Waals surface area (Å²) in [6, 6.07) is 7.66. The molecule has 0 bridgehead atoms. The van der Waals surface area contributed by atoms with Crippen LogP contribution in [0, 0.1) is 18.7 Å². The van der Waals surface area contributed by atoms with Crippen LogP contribution in [0.15, 0.2) is 34.9 Å². The number of aromatic nitrogens is 1. The number of halogens is 2. The first-order valence-corrected chi connectivity index (χ1v) is 12.9. The Morgan fingerprint density at radius 2 is 1.85 bits per heavy atom. The highest BCUT2D eigenvalue weighted by molar-refractivity contribution is 6.33. The SMILES string of the molecule is COc1cc(CC(=O)NC[C@@H]2CC[C@H](NC(=O)c3c(-c4c(F)cccc4Cl)noc3C)C2)cc(OC)c1OC. The smallest absolute Gasteiger partial charge is 0.257 e. The van der Waals surface area contributed by atoms with Crippen molar-refractivity contribution < 1.29 is 32.7 Å². The number of amides is 2. The number of rotatable bonds is 10. The van der Waals surface area contributed by atoms with E-state index in [1.807, 2.05) is 0 Å². The highest BCUT2D eigenvalue weighted by Gasteiger charge is 2.30. The number of carbonyl (C=O) groups is 2. The van der Waals surface area contributed by atoms with Crippen molar-refractivity contribution in [2.45, 2.75) is 38.6 Å². The standard InChI is InChI=1S/C28H31ClFN3O6/c1-15-24(26(33-39-15)25-19(29)6-5-7-20(25)30)28(35)32-18-9-8-16(10-18)14-31-23(34)13-17-11-21(36-2)27(38-4)22(12-17)37-3/h5-7,11-12,16,18H,8-10,13-14H2,1-4H3,(H,31,34)(H,32,35)/t16-,18+/m1/s1. The van der Waals surface area contributed by atoms with Crippen LogP contribution in [-0.4, -0.2) is 50.9 Å². The zero-order valence-corrected chi connectivity index (χ0v) is 23.0. The van der Waals surface area contributed by atoms with Crippen LogP contribution in [0.1, 0.15) is 40.9 Å². The lowest BCUT2D eigenvalue weighted by Gasteiger charge is -2.16.